The third-order valence-electron chi connectivity index (χ3n) is 14.8. The van der Waals surface area contributed by atoms with E-state index in [9.17, 15) is 15.3 Å². The Hall–Kier alpha value is -1.20. The molecular weight excluding hydrogens is 506 g/mol. The first-order valence-corrected chi connectivity index (χ1v) is 16.6. The fourth-order valence-corrected chi connectivity index (χ4v) is 11.7. The van der Waals surface area contributed by atoms with E-state index in [1.54, 1.807) is 0 Å². The highest BCUT2D eigenvalue weighted by atomic mass is 16.3. The summed E-state index contributed by atoms with van der Waals surface area (Å²) in [7, 11) is 0. The van der Waals surface area contributed by atoms with E-state index in [1.807, 2.05) is 0 Å². The Morgan fingerprint density at radius 2 is 1.49 bits per heavy atom. The molecule has 0 aromatic heterocycles. The summed E-state index contributed by atoms with van der Waals surface area (Å²) in [5.41, 5.74) is 0.833. The monoisotopic (exact) mass is 563 g/mol. The van der Waals surface area contributed by atoms with Crippen LogP contribution >= 0.6 is 0 Å². The van der Waals surface area contributed by atoms with Crippen molar-refractivity contribution >= 4 is 0 Å². The van der Waals surface area contributed by atoms with E-state index in [2.05, 4.69) is 90.2 Å². The van der Waals surface area contributed by atoms with Crippen LogP contribution in [0.2, 0.25) is 0 Å². The first-order valence-electron chi connectivity index (χ1n) is 16.6. The quantitative estimate of drug-likeness (QED) is 0.297. The number of nitrogens with one attached hydrogen (secondary N) is 1. The van der Waals surface area contributed by atoms with E-state index in [-0.39, 0.29) is 39.1 Å². The van der Waals surface area contributed by atoms with Gasteiger partial charge in [0.25, 0.3) is 0 Å². The van der Waals surface area contributed by atoms with Crippen LogP contribution in [-0.2, 0) is 6.54 Å². The molecule has 0 bridgehead atoms. The number of rotatable bonds is 4. The Bertz CT molecular complexity index is 1200. The molecule has 10 atom stereocenters. The first kappa shape index (κ1) is 29.9. The lowest BCUT2D eigenvalue weighted by Gasteiger charge is -2.74. The van der Waals surface area contributed by atoms with Gasteiger partial charge in [0.05, 0.1) is 6.10 Å². The van der Waals surface area contributed by atoms with Gasteiger partial charge in [0.2, 0.25) is 0 Å². The van der Waals surface area contributed by atoms with Crippen molar-refractivity contribution in [1.82, 2.24) is 5.32 Å². The van der Waals surface area contributed by atoms with Gasteiger partial charge in [-0.15, -0.1) is 0 Å². The van der Waals surface area contributed by atoms with Gasteiger partial charge in [-0.25, -0.2) is 0 Å². The summed E-state index contributed by atoms with van der Waals surface area (Å²) in [5.74, 6) is 0.424. The Morgan fingerprint density at radius 3 is 2.20 bits per heavy atom. The molecule has 0 spiro atoms. The molecular formula is C37H57NO3. The van der Waals surface area contributed by atoms with Crippen LogP contribution in [0.3, 0.4) is 0 Å². The maximum absolute atomic E-state index is 13.2. The summed E-state index contributed by atoms with van der Waals surface area (Å²) < 4.78 is 0. The number of hydrogen-bond donors (Lipinski definition) is 4. The van der Waals surface area contributed by atoms with Crippen molar-refractivity contribution in [2.75, 3.05) is 6.54 Å². The van der Waals surface area contributed by atoms with Crippen molar-refractivity contribution in [1.29, 1.82) is 0 Å². The largest absolute Gasteiger partial charge is 0.393 e. The average molecular weight is 564 g/mol. The van der Waals surface area contributed by atoms with Crippen LogP contribution in [-0.4, -0.2) is 39.7 Å². The minimum absolute atomic E-state index is 0.0356. The van der Waals surface area contributed by atoms with Crippen LogP contribution in [0.1, 0.15) is 112 Å². The second kappa shape index (κ2) is 9.40. The van der Waals surface area contributed by atoms with Crippen LogP contribution in [0, 0.1) is 44.3 Å². The second-order valence-corrected chi connectivity index (χ2v) is 17.2. The zero-order chi connectivity index (χ0) is 29.7. The van der Waals surface area contributed by atoms with Gasteiger partial charge in [0.15, 0.2) is 0 Å². The average Bonchev–Trinajstić information content (AvgIpc) is 2.92. The van der Waals surface area contributed by atoms with Crippen molar-refractivity contribution < 1.29 is 15.3 Å². The third kappa shape index (κ3) is 3.99. The van der Waals surface area contributed by atoms with Gasteiger partial charge in [0, 0.05) is 18.5 Å². The molecule has 0 radical (unpaired) electrons. The number of fused-ring (bicyclic) bond motifs is 7. The Labute approximate surface area is 249 Å². The number of hydrogen-bond acceptors (Lipinski definition) is 4. The van der Waals surface area contributed by atoms with Crippen molar-refractivity contribution in [3.8, 4) is 0 Å². The predicted octanol–water partition coefficient (Wildman–Crippen LogP) is 7.02. The molecule has 1 aromatic rings. The van der Waals surface area contributed by atoms with Crippen molar-refractivity contribution in [3.63, 3.8) is 0 Å². The molecule has 4 fully saturated rings. The van der Waals surface area contributed by atoms with E-state index in [4.69, 9.17) is 0 Å². The highest BCUT2D eigenvalue weighted by Crippen LogP contribution is 2.76. The molecule has 4 heteroatoms. The van der Waals surface area contributed by atoms with E-state index in [1.165, 1.54) is 11.1 Å². The summed E-state index contributed by atoms with van der Waals surface area (Å²) in [6, 6.07) is 10.6. The summed E-state index contributed by atoms with van der Waals surface area (Å²) in [4.78, 5) is 0. The van der Waals surface area contributed by atoms with E-state index < -0.39 is 17.1 Å². The fraction of sp³-hybridized carbons (Fsp3) is 0.784. The zero-order valence-electron chi connectivity index (χ0n) is 26.9. The maximum atomic E-state index is 13.2. The second-order valence-electron chi connectivity index (χ2n) is 17.2. The molecule has 6 rings (SSSR count). The van der Waals surface area contributed by atoms with Crippen LogP contribution in [0.25, 0.3) is 0 Å². The van der Waals surface area contributed by atoms with Gasteiger partial charge in [-0.2, -0.15) is 0 Å². The minimum Gasteiger partial charge on any atom is -0.393 e. The molecule has 5 aliphatic carbocycles. The summed E-state index contributed by atoms with van der Waals surface area (Å²) in [5, 5.41) is 40.2. The molecule has 41 heavy (non-hydrogen) atoms. The molecule has 5 aliphatic rings. The minimum atomic E-state index is -1.16. The van der Waals surface area contributed by atoms with Gasteiger partial charge in [-0.1, -0.05) is 90.4 Å². The van der Waals surface area contributed by atoms with Crippen molar-refractivity contribution in [3.05, 3.63) is 47.5 Å². The van der Waals surface area contributed by atoms with Crippen molar-refractivity contribution in [2.24, 2.45) is 44.3 Å². The lowest BCUT2D eigenvalue weighted by atomic mass is 9.32. The molecule has 0 aliphatic heterocycles. The first-order chi connectivity index (χ1) is 19.1. The lowest BCUT2D eigenvalue weighted by molar-refractivity contribution is -0.288. The summed E-state index contributed by atoms with van der Waals surface area (Å²) in [6.07, 6.45) is 10.1. The van der Waals surface area contributed by atoms with Crippen molar-refractivity contribution in [2.45, 2.75) is 131 Å². The van der Waals surface area contributed by atoms with Gasteiger partial charge in [-0.3, -0.25) is 0 Å². The van der Waals surface area contributed by atoms with Gasteiger partial charge in [-0.05, 0) is 102 Å². The summed E-state index contributed by atoms with van der Waals surface area (Å²) in [6.45, 7) is 18.3. The van der Waals surface area contributed by atoms with Crippen LogP contribution in [0.4, 0.5) is 0 Å². The molecule has 1 unspecified atom stereocenters. The number of benzene rings is 1. The van der Waals surface area contributed by atoms with E-state index in [0.29, 0.717) is 5.92 Å². The molecule has 4 N–H and O–H groups in total. The number of aliphatic hydroxyl groups is 3. The molecule has 0 heterocycles. The third-order valence-corrected chi connectivity index (χ3v) is 14.8. The van der Waals surface area contributed by atoms with E-state index in [0.717, 1.165) is 70.9 Å². The van der Waals surface area contributed by atoms with E-state index >= 15 is 0 Å². The topological polar surface area (TPSA) is 72.7 Å². The predicted molar refractivity (Wildman–Crippen MR) is 166 cm³/mol. The number of aliphatic hydroxyl groups excluding tert-OH is 2. The normalized spacial score (nSPS) is 50.5. The SMILES string of the molecule is CC1(C)[C@@H](O)CC[C@]2(C)C3=CC(O)[C@]4(O)[C@@H]5C[C@@](C)(CNCc6ccccc6)CC[C@]5(C)CC[C@@]4(C)[C@]3(C)CC[C@@H]12. The van der Waals surface area contributed by atoms with Gasteiger partial charge >= 0.3 is 0 Å². The molecule has 0 saturated heterocycles. The Balaban J connectivity index is 1.35. The molecule has 0 amide bonds. The Morgan fingerprint density at radius 1 is 0.805 bits per heavy atom. The number of allylic oxidation sites excluding steroid dienone is 1. The Kier molecular flexibility index (Phi) is 6.84. The molecule has 228 valence electrons. The summed E-state index contributed by atoms with van der Waals surface area (Å²) >= 11 is 0. The van der Waals surface area contributed by atoms with Gasteiger partial charge < -0.3 is 20.6 Å². The smallest absolute Gasteiger partial charge is 0.104 e. The lowest BCUT2D eigenvalue weighted by Crippen LogP contribution is -2.75. The van der Waals surface area contributed by atoms with Crippen LogP contribution in [0.5, 0.6) is 0 Å². The van der Waals surface area contributed by atoms with Gasteiger partial charge in [0.1, 0.15) is 11.7 Å². The standard InChI is InChI=1S/C37H57NO3/c1-31(2)26-13-16-35(6)27(34(26,5)15-14-29(31)39)21-30(40)37(41)28-22-32(3,24-38-23-25-11-9-8-10-12-25)17-18-33(28,4)19-20-36(35,37)7/h8-12,21,26,28-30,38-41H,13-20,22-24H2,1-7H3/t26-,28+,29-,30?,32-,33+,34-,35+,36-,37+/m0/s1. The van der Waals surface area contributed by atoms with Crippen LogP contribution < -0.4 is 5.32 Å². The molecule has 1 aromatic carbocycles. The maximum Gasteiger partial charge on any atom is 0.104 e. The van der Waals surface area contributed by atoms with Crippen LogP contribution in [0.15, 0.2) is 42.0 Å². The molecule has 4 nitrogen and oxygen atoms in total. The molecule has 4 saturated carbocycles. The fourth-order valence-electron chi connectivity index (χ4n) is 11.7. The highest BCUT2D eigenvalue weighted by Gasteiger charge is 2.74. The highest BCUT2D eigenvalue weighted by molar-refractivity contribution is 5.40. The zero-order valence-corrected chi connectivity index (χ0v) is 26.9.